The number of nitrogens with one attached hydrogen (secondary N) is 1. The molecule has 1 amide bonds. The highest BCUT2D eigenvalue weighted by Crippen LogP contribution is 2.28. The Bertz CT molecular complexity index is 1070. The zero-order valence-electron chi connectivity index (χ0n) is 17.4. The van der Waals surface area contributed by atoms with E-state index in [0.717, 1.165) is 43.7 Å². The smallest absolute Gasteiger partial charge is 0.345 e. The van der Waals surface area contributed by atoms with Gasteiger partial charge in [0.05, 0.1) is 0 Å². The van der Waals surface area contributed by atoms with Crippen LogP contribution < -0.4 is 5.69 Å². The van der Waals surface area contributed by atoms with Crippen LogP contribution in [0.5, 0.6) is 0 Å². The average molecular weight is 396 g/mol. The Hall–Kier alpha value is -2.83. The second-order valence-corrected chi connectivity index (χ2v) is 8.24. The van der Waals surface area contributed by atoms with Gasteiger partial charge in [0.15, 0.2) is 0 Å². The number of amides is 1. The molecule has 7 heteroatoms. The van der Waals surface area contributed by atoms with Gasteiger partial charge in [0.25, 0.3) is 0 Å². The molecule has 0 radical (unpaired) electrons. The van der Waals surface area contributed by atoms with Crippen molar-refractivity contribution in [1.29, 1.82) is 0 Å². The van der Waals surface area contributed by atoms with Crippen molar-refractivity contribution >= 4 is 16.8 Å². The van der Waals surface area contributed by atoms with Crippen molar-refractivity contribution in [1.82, 2.24) is 24.2 Å². The van der Waals surface area contributed by atoms with E-state index >= 15 is 0 Å². The maximum Gasteiger partial charge on any atom is 0.345 e. The third-order valence-electron chi connectivity index (χ3n) is 5.99. The van der Waals surface area contributed by atoms with Crippen molar-refractivity contribution in [2.45, 2.75) is 51.5 Å². The SMILES string of the molecule is CC(C)n1c(C2CCN(C(=O)CCc3c[nH]c4ccccc34)CC2)nn(C)c1=O. The van der Waals surface area contributed by atoms with Crippen molar-refractivity contribution < 1.29 is 4.79 Å². The third-order valence-corrected chi connectivity index (χ3v) is 5.99. The first kappa shape index (κ1) is 19.5. The molecular weight excluding hydrogens is 366 g/mol. The number of para-hydroxylation sites is 1. The normalized spacial score (nSPS) is 15.5. The molecule has 3 heterocycles. The number of piperidine rings is 1. The first-order valence-corrected chi connectivity index (χ1v) is 10.4. The van der Waals surface area contributed by atoms with Gasteiger partial charge in [0.2, 0.25) is 5.91 Å². The summed E-state index contributed by atoms with van der Waals surface area (Å²) in [7, 11) is 1.70. The molecule has 0 spiro atoms. The van der Waals surface area contributed by atoms with Crippen molar-refractivity contribution in [3.8, 4) is 0 Å². The van der Waals surface area contributed by atoms with Crippen LogP contribution in [0.25, 0.3) is 10.9 Å². The van der Waals surface area contributed by atoms with Gasteiger partial charge in [0.1, 0.15) is 5.82 Å². The number of aryl methyl sites for hydroxylation is 2. The van der Waals surface area contributed by atoms with Crippen molar-refractivity contribution in [3.63, 3.8) is 0 Å². The summed E-state index contributed by atoms with van der Waals surface area (Å²) >= 11 is 0. The van der Waals surface area contributed by atoms with Crippen LogP contribution in [0.4, 0.5) is 0 Å². The number of aromatic nitrogens is 4. The van der Waals surface area contributed by atoms with Crippen LogP contribution in [-0.4, -0.2) is 43.2 Å². The van der Waals surface area contributed by atoms with Gasteiger partial charge in [0, 0.05) is 55.6 Å². The van der Waals surface area contributed by atoms with Gasteiger partial charge in [-0.3, -0.25) is 9.36 Å². The zero-order valence-corrected chi connectivity index (χ0v) is 17.4. The van der Waals surface area contributed by atoms with E-state index in [1.807, 2.05) is 37.1 Å². The number of rotatable bonds is 5. The van der Waals surface area contributed by atoms with Crippen LogP contribution in [0.1, 0.15) is 56.5 Å². The molecule has 1 aliphatic rings. The van der Waals surface area contributed by atoms with E-state index < -0.39 is 0 Å². The lowest BCUT2D eigenvalue weighted by Gasteiger charge is -2.32. The quantitative estimate of drug-likeness (QED) is 0.722. The molecule has 1 aliphatic heterocycles. The molecule has 0 atom stereocenters. The Morgan fingerprint density at radius 1 is 1.24 bits per heavy atom. The topological polar surface area (TPSA) is 75.9 Å². The summed E-state index contributed by atoms with van der Waals surface area (Å²) in [5.74, 6) is 1.29. The van der Waals surface area contributed by atoms with Gasteiger partial charge >= 0.3 is 5.69 Å². The molecule has 4 rings (SSSR count). The highest BCUT2D eigenvalue weighted by atomic mass is 16.2. The second kappa shape index (κ2) is 7.89. The summed E-state index contributed by atoms with van der Waals surface area (Å²) in [5, 5.41) is 5.68. The number of benzene rings is 1. The summed E-state index contributed by atoms with van der Waals surface area (Å²) in [4.78, 5) is 30.3. The number of carbonyl (C=O) groups is 1. The number of H-pyrrole nitrogens is 1. The highest BCUT2D eigenvalue weighted by molar-refractivity contribution is 5.84. The van der Waals surface area contributed by atoms with E-state index in [1.165, 1.54) is 15.6 Å². The molecule has 154 valence electrons. The number of aromatic amines is 1. The number of hydrogen-bond acceptors (Lipinski definition) is 3. The molecule has 29 heavy (non-hydrogen) atoms. The van der Waals surface area contributed by atoms with Crippen molar-refractivity contribution in [2.24, 2.45) is 7.05 Å². The molecular formula is C22H29N5O2. The average Bonchev–Trinajstić information content (AvgIpc) is 3.27. The largest absolute Gasteiger partial charge is 0.361 e. The number of likely N-dealkylation sites (tertiary alicyclic amines) is 1. The van der Waals surface area contributed by atoms with Gasteiger partial charge in [-0.1, -0.05) is 18.2 Å². The Labute approximate surface area is 170 Å². The lowest BCUT2D eigenvalue weighted by Crippen LogP contribution is -2.38. The summed E-state index contributed by atoms with van der Waals surface area (Å²) in [6, 6.07) is 8.28. The number of carbonyl (C=O) groups excluding carboxylic acids is 1. The van der Waals surface area contributed by atoms with Gasteiger partial charge in [-0.05, 0) is 44.7 Å². The summed E-state index contributed by atoms with van der Waals surface area (Å²) in [5.41, 5.74) is 2.24. The van der Waals surface area contributed by atoms with Crippen LogP contribution in [0, 0.1) is 0 Å². The Morgan fingerprint density at radius 3 is 2.69 bits per heavy atom. The number of fused-ring (bicyclic) bond motifs is 1. The predicted molar refractivity (Wildman–Crippen MR) is 113 cm³/mol. The second-order valence-electron chi connectivity index (χ2n) is 8.24. The molecule has 2 aromatic heterocycles. The van der Waals surface area contributed by atoms with E-state index in [1.54, 1.807) is 11.6 Å². The lowest BCUT2D eigenvalue weighted by molar-refractivity contribution is -0.132. The Morgan fingerprint density at radius 2 is 1.97 bits per heavy atom. The first-order chi connectivity index (χ1) is 14.0. The van der Waals surface area contributed by atoms with Crippen LogP contribution in [-0.2, 0) is 18.3 Å². The summed E-state index contributed by atoms with van der Waals surface area (Å²) in [6.45, 7) is 5.46. The minimum absolute atomic E-state index is 0.0627. The monoisotopic (exact) mass is 395 g/mol. The van der Waals surface area contributed by atoms with Crippen LogP contribution in [0.3, 0.4) is 0 Å². The minimum Gasteiger partial charge on any atom is -0.361 e. The predicted octanol–water partition coefficient (Wildman–Crippen LogP) is 2.98. The Kier molecular flexibility index (Phi) is 5.30. The lowest BCUT2D eigenvalue weighted by atomic mass is 9.95. The molecule has 1 fully saturated rings. The molecule has 1 aromatic carbocycles. The number of nitrogens with zero attached hydrogens (tertiary/aromatic N) is 4. The summed E-state index contributed by atoms with van der Waals surface area (Å²) in [6.07, 6.45) is 4.98. The van der Waals surface area contributed by atoms with Gasteiger partial charge < -0.3 is 9.88 Å². The first-order valence-electron chi connectivity index (χ1n) is 10.4. The molecule has 7 nitrogen and oxygen atoms in total. The maximum atomic E-state index is 12.7. The molecule has 1 N–H and O–H groups in total. The molecule has 0 unspecified atom stereocenters. The fourth-order valence-electron chi connectivity index (χ4n) is 4.39. The number of hydrogen-bond donors (Lipinski definition) is 1. The van der Waals surface area contributed by atoms with E-state index in [4.69, 9.17) is 0 Å². The van der Waals surface area contributed by atoms with Crippen LogP contribution in [0.2, 0.25) is 0 Å². The van der Waals surface area contributed by atoms with E-state index in [0.29, 0.717) is 6.42 Å². The van der Waals surface area contributed by atoms with Gasteiger partial charge in [-0.15, -0.1) is 0 Å². The highest BCUT2D eigenvalue weighted by Gasteiger charge is 2.28. The van der Waals surface area contributed by atoms with Gasteiger partial charge in [-0.25, -0.2) is 9.48 Å². The van der Waals surface area contributed by atoms with E-state index in [2.05, 4.69) is 22.2 Å². The van der Waals surface area contributed by atoms with Crippen molar-refractivity contribution in [3.05, 3.63) is 52.3 Å². The van der Waals surface area contributed by atoms with E-state index in [-0.39, 0.29) is 23.6 Å². The molecule has 1 saturated heterocycles. The molecule has 3 aromatic rings. The fraction of sp³-hybridized carbons (Fsp3) is 0.500. The standard InChI is InChI=1S/C22H29N5O2/c1-15(2)27-21(24-25(3)22(27)29)16-10-12-26(13-11-16)20(28)9-8-17-14-23-19-7-5-4-6-18(17)19/h4-7,14-16,23H,8-13H2,1-3H3. The molecule has 0 bridgehead atoms. The zero-order chi connectivity index (χ0) is 20.5. The van der Waals surface area contributed by atoms with Gasteiger partial charge in [-0.2, -0.15) is 5.10 Å². The fourth-order valence-corrected chi connectivity index (χ4v) is 4.39. The third kappa shape index (κ3) is 3.73. The van der Waals surface area contributed by atoms with Crippen LogP contribution >= 0.6 is 0 Å². The van der Waals surface area contributed by atoms with Crippen molar-refractivity contribution in [2.75, 3.05) is 13.1 Å². The van der Waals surface area contributed by atoms with E-state index in [9.17, 15) is 9.59 Å². The Balaban J connectivity index is 1.37. The summed E-state index contributed by atoms with van der Waals surface area (Å²) < 4.78 is 3.22. The molecule has 0 aliphatic carbocycles. The minimum atomic E-state index is -0.0627. The maximum absolute atomic E-state index is 12.7. The van der Waals surface area contributed by atoms with Crippen LogP contribution in [0.15, 0.2) is 35.3 Å². The molecule has 0 saturated carbocycles.